The fourth-order valence-electron chi connectivity index (χ4n) is 6.53. The Morgan fingerprint density at radius 3 is 1.96 bits per heavy atom. The Morgan fingerprint density at radius 2 is 1.08 bits per heavy atom. The molecular formula is C45H27N3OS. The van der Waals surface area contributed by atoms with Gasteiger partial charge in [-0.2, -0.15) is 0 Å². The van der Waals surface area contributed by atoms with Crippen LogP contribution in [0.1, 0.15) is 9.60 Å². The smallest absolute Gasteiger partial charge is 0.165 e. The van der Waals surface area contributed by atoms with E-state index in [2.05, 4.69) is 36.4 Å². The molecule has 0 unspecified atom stereocenters. The number of nitrogens with zero attached hydrogens (tertiary/aromatic N) is 3. The molecule has 0 saturated carbocycles. The number of aromatic nitrogens is 3. The van der Waals surface area contributed by atoms with Gasteiger partial charge >= 0.3 is 0 Å². The SMILES string of the molecule is [2H]c1c([2H])c([2H])c2c(oc3c(-c4ccc(-c5nc(-c6ccccc6-c6ccccc6)nc(-c6cccc7c6sc6ccccc67)n5)cc4)c([2H])c([2H])c([2H])c32)c1[2H]. The van der Waals surface area contributed by atoms with Crippen LogP contribution in [0.3, 0.4) is 0 Å². The first-order valence-corrected chi connectivity index (χ1v) is 16.9. The van der Waals surface area contributed by atoms with E-state index >= 15 is 0 Å². The molecule has 5 heteroatoms. The molecular weight excluding hydrogens is 631 g/mol. The summed E-state index contributed by atoms with van der Waals surface area (Å²) in [7, 11) is 0. The van der Waals surface area contributed by atoms with Gasteiger partial charge in [-0.3, -0.25) is 0 Å². The van der Waals surface area contributed by atoms with Crippen LogP contribution in [-0.2, 0) is 0 Å². The van der Waals surface area contributed by atoms with Crippen molar-refractivity contribution in [1.29, 1.82) is 0 Å². The van der Waals surface area contributed by atoms with Gasteiger partial charge < -0.3 is 4.42 Å². The molecule has 7 aromatic carbocycles. The van der Waals surface area contributed by atoms with Gasteiger partial charge in [-0.1, -0.05) is 145 Å². The molecule has 0 spiro atoms. The third-order valence-corrected chi connectivity index (χ3v) is 10.1. The number of hydrogen-bond donors (Lipinski definition) is 0. The number of benzene rings is 7. The van der Waals surface area contributed by atoms with Crippen LogP contribution in [0, 0.1) is 0 Å². The maximum Gasteiger partial charge on any atom is 0.165 e. The average molecular weight is 665 g/mol. The molecule has 4 nitrogen and oxygen atoms in total. The van der Waals surface area contributed by atoms with Gasteiger partial charge in [-0.15, -0.1) is 11.3 Å². The average Bonchev–Trinajstić information content (AvgIpc) is 3.84. The maximum atomic E-state index is 8.92. The van der Waals surface area contributed by atoms with Crippen molar-refractivity contribution in [2.24, 2.45) is 0 Å². The Morgan fingerprint density at radius 1 is 0.440 bits per heavy atom. The van der Waals surface area contributed by atoms with Crippen molar-refractivity contribution >= 4 is 53.4 Å². The molecule has 10 rings (SSSR count). The lowest BCUT2D eigenvalue weighted by atomic mass is 9.99. The van der Waals surface area contributed by atoms with Crippen molar-refractivity contribution in [2.75, 3.05) is 0 Å². The predicted molar refractivity (Wildman–Crippen MR) is 207 cm³/mol. The zero-order valence-corrected chi connectivity index (χ0v) is 27.0. The number of thiophene rings is 1. The van der Waals surface area contributed by atoms with Crippen LogP contribution in [0.25, 0.3) is 98.5 Å². The van der Waals surface area contributed by atoms with Crippen LogP contribution in [0.2, 0.25) is 0 Å². The van der Waals surface area contributed by atoms with Crippen molar-refractivity contribution in [3.05, 3.63) is 164 Å². The molecule has 3 heterocycles. The molecule has 3 aromatic heterocycles. The van der Waals surface area contributed by atoms with Crippen LogP contribution in [0.4, 0.5) is 0 Å². The molecule has 0 atom stereocenters. The third kappa shape index (κ3) is 4.71. The highest BCUT2D eigenvalue weighted by molar-refractivity contribution is 7.26. The van der Waals surface area contributed by atoms with Gasteiger partial charge in [0.05, 0.1) is 9.60 Å². The largest absolute Gasteiger partial charge is 0.455 e. The molecule has 0 aliphatic carbocycles. The van der Waals surface area contributed by atoms with Gasteiger partial charge in [0.1, 0.15) is 11.2 Å². The highest BCUT2D eigenvalue weighted by atomic mass is 32.1. The number of para-hydroxylation sites is 2. The molecule has 0 N–H and O–H groups in total. The van der Waals surface area contributed by atoms with E-state index in [1.807, 2.05) is 72.8 Å². The maximum absolute atomic E-state index is 8.92. The van der Waals surface area contributed by atoms with Gasteiger partial charge in [0, 0.05) is 53.2 Å². The van der Waals surface area contributed by atoms with Gasteiger partial charge in [-0.25, -0.2) is 15.0 Å². The quantitative estimate of drug-likeness (QED) is 0.184. The Labute approximate surface area is 301 Å². The fraction of sp³-hybridized carbons (Fsp3) is 0. The minimum absolute atomic E-state index is 0.0158. The lowest BCUT2D eigenvalue weighted by molar-refractivity contribution is 0.670. The van der Waals surface area contributed by atoms with E-state index in [1.165, 1.54) is 10.1 Å². The first-order chi connectivity index (χ1) is 27.7. The normalized spacial score (nSPS) is 13.6. The van der Waals surface area contributed by atoms with Crippen LogP contribution >= 0.6 is 11.3 Å². The highest BCUT2D eigenvalue weighted by Crippen LogP contribution is 2.41. The lowest BCUT2D eigenvalue weighted by Crippen LogP contribution is -2.01. The van der Waals surface area contributed by atoms with E-state index in [0.717, 1.165) is 32.3 Å². The molecule has 234 valence electrons. The standard InChI is InChI=1S/C45H27N3OS/c1-2-12-28(13-3-1)31-14-4-5-17-37(31)44-46-43(47-45(48-44)38-21-11-20-36-34-16-7-9-23-40(34)50-42(36)38)30-26-24-29(25-27-30)32-18-10-19-35-33-15-6-8-22-39(33)49-41(32)35/h1-27H/i6D,8D,10D,15D,18D,19D,22D. The minimum atomic E-state index is -0.466. The van der Waals surface area contributed by atoms with Crippen molar-refractivity contribution in [3.63, 3.8) is 0 Å². The van der Waals surface area contributed by atoms with Crippen LogP contribution in [0.5, 0.6) is 0 Å². The van der Waals surface area contributed by atoms with Crippen LogP contribution < -0.4 is 0 Å². The second-order valence-electron chi connectivity index (χ2n) is 11.8. The van der Waals surface area contributed by atoms with Gasteiger partial charge in [0.15, 0.2) is 17.5 Å². The lowest BCUT2D eigenvalue weighted by Gasteiger charge is -2.12. The first-order valence-electron chi connectivity index (χ1n) is 19.5. The van der Waals surface area contributed by atoms with E-state index in [-0.39, 0.29) is 57.7 Å². The summed E-state index contributed by atoms with van der Waals surface area (Å²) in [5.41, 5.74) is 5.01. The Kier molecular flexibility index (Phi) is 5.17. The molecule has 10 aromatic rings. The van der Waals surface area contributed by atoms with Crippen LogP contribution in [0.15, 0.2) is 168 Å². The molecule has 0 radical (unpaired) electrons. The summed E-state index contributed by atoms with van der Waals surface area (Å²) < 4.78 is 68.1. The second kappa shape index (κ2) is 11.6. The molecule has 0 fully saturated rings. The topological polar surface area (TPSA) is 51.8 Å². The summed E-state index contributed by atoms with van der Waals surface area (Å²) >= 11 is 1.69. The highest BCUT2D eigenvalue weighted by Gasteiger charge is 2.19. The summed E-state index contributed by atoms with van der Waals surface area (Å²) in [6.07, 6.45) is 0. The summed E-state index contributed by atoms with van der Waals surface area (Å²) in [6, 6.07) is 37.1. The predicted octanol–water partition coefficient (Wildman–Crippen LogP) is 12.5. The van der Waals surface area contributed by atoms with E-state index in [1.54, 1.807) is 23.5 Å². The molecule has 0 saturated heterocycles. The Bertz CT molecular complexity index is 3270. The monoisotopic (exact) mass is 664 g/mol. The number of fused-ring (bicyclic) bond motifs is 6. The molecule has 0 bridgehead atoms. The van der Waals surface area contributed by atoms with Crippen LogP contribution in [-0.4, -0.2) is 15.0 Å². The number of hydrogen-bond acceptors (Lipinski definition) is 5. The van der Waals surface area contributed by atoms with Crippen molar-refractivity contribution in [3.8, 4) is 56.4 Å². The summed E-state index contributed by atoms with van der Waals surface area (Å²) in [5.74, 6) is 1.44. The third-order valence-electron chi connectivity index (χ3n) is 8.90. The Hall–Kier alpha value is -6.43. The van der Waals surface area contributed by atoms with Crippen molar-refractivity contribution in [1.82, 2.24) is 15.0 Å². The van der Waals surface area contributed by atoms with E-state index in [4.69, 9.17) is 29.0 Å². The van der Waals surface area contributed by atoms with E-state index in [0.29, 0.717) is 28.6 Å². The summed E-state index contributed by atoms with van der Waals surface area (Å²) in [5, 5.41) is 2.37. The van der Waals surface area contributed by atoms with E-state index in [9.17, 15) is 0 Å². The number of rotatable bonds is 5. The minimum Gasteiger partial charge on any atom is -0.455 e. The molecule has 0 amide bonds. The zero-order chi connectivity index (χ0) is 39.1. The number of furan rings is 1. The fourth-order valence-corrected chi connectivity index (χ4v) is 7.75. The van der Waals surface area contributed by atoms with E-state index < -0.39 is 12.1 Å². The molecule has 0 aliphatic rings. The molecule has 50 heavy (non-hydrogen) atoms. The van der Waals surface area contributed by atoms with Crippen molar-refractivity contribution < 1.29 is 14.0 Å². The first kappa shape index (κ1) is 22.3. The summed E-state index contributed by atoms with van der Waals surface area (Å²) in [4.78, 5) is 15.3. The second-order valence-corrected chi connectivity index (χ2v) is 12.9. The zero-order valence-electron chi connectivity index (χ0n) is 33.2. The van der Waals surface area contributed by atoms with Gasteiger partial charge in [0.25, 0.3) is 0 Å². The Balaban J connectivity index is 1.17. The molecule has 0 aliphatic heterocycles. The van der Waals surface area contributed by atoms with Gasteiger partial charge in [0.2, 0.25) is 0 Å². The van der Waals surface area contributed by atoms with Crippen molar-refractivity contribution in [2.45, 2.75) is 0 Å². The summed E-state index contributed by atoms with van der Waals surface area (Å²) in [6.45, 7) is 0. The van der Waals surface area contributed by atoms with Gasteiger partial charge in [-0.05, 0) is 34.9 Å².